The van der Waals surface area contributed by atoms with E-state index in [0.717, 1.165) is 45.1 Å². The molecule has 2 aliphatic rings. The maximum absolute atomic E-state index is 11.9. The largest absolute Gasteiger partial charge is 0.354 e. The maximum Gasteiger partial charge on any atom is 0.222 e. The Balaban J connectivity index is 1.58. The predicted molar refractivity (Wildman–Crippen MR) is 115 cm³/mol. The summed E-state index contributed by atoms with van der Waals surface area (Å²) in [6.07, 6.45) is 4.10. The average molecular weight is 386 g/mol. The van der Waals surface area contributed by atoms with Gasteiger partial charge in [0, 0.05) is 39.1 Å². The van der Waals surface area contributed by atoms with Crippen molar-refractivity contribution in [1.29, 1.82) is 0 Å². The van der Waals surface area contributed by atoms with Crippen molar-refractivity contribution < 1.29 is 4.79 Å². The Morgan fingerprint density at radius 2 is 1.93 bits per heavy atom. The molecule has 2 saturated heterocycles. The zero-order valence-electron chi connectivity index (χ0n) is 17.6. The van der Waals surface area contributed by atoms with Crippen LogP contribution in [0.2, 0.25) is 0 Å². The molecular formula is C22H35N5O. The third kappa shape index (κ3) is 5.25. The van der Waals surface area contributed by atoms with Crippen molar-refractivity contribution in [3.05, 3.63) is 35.4 Å². The van der Waals surface area contributed by atoms with Gasteiger partial charge >= 0.3 is 0 Å². The summed E-state index contributed by atoms with van der Waals surface area (Å²) in [4.78, 5) is 20.8. The third-order valence-electron chi connectivity index (χ3n) is 5.91. The molecule has 6 heteroatoms. The summed E-state index contributed by atoms with van der Waals surface area (Å²) in [5, 5.41) is 7.05. The predicted octanol–water partition coefficient (Wildman–Crippen LogP) is 2.31. The molecule has 2 fully saturated rings. The fourth-order valence-electron chi connectivity index (χ4n) is 4.21. The highest BCUT2D eigenvalue weighted by Gasteiger charge is 2.27. The van der Waals surface area contributed by atoms with Gasteiger partial charge in [0.2, 0.25) is 5.91 Å². The number of carbonyl (C=O) groups is 1. The van der Waals surface area contributed by atoms with Crippen LogP contribution in [-0.2, 0) is 4.79 Å². The molecule has 0 spiro atoms. The quantitative estimate of drug-likeness (QED) is 0.583. The number of rotatable bonds is 6. The van der Waals surface area contributed by atoms with Crippen LogP contribution >= 0.6 is 0 Å². The minimum Gasteiger partial charge on any atom is -0.354 e. The molecule has 2 heterocycles. The Bertz CT molecular complexity index is 666. The fraction of sp³-hybridized carbons (Fsp3) is 0.636. The second-order valence-corrected chi connectivity index (χ2v) is 7.95. The highest BCUT2D eigenvalue weighted by molar-refractivity contribution is 5.80. The molecule has 0 bridgehead atoms. The van der Waals surface area contributed by atoms with Crippen molar-refractivity contribution in [2.24, 2.45) is 4.99 Å². The van der Waals surface area contributed by atoms with E-state index in [4.69, 9.17) is 0 Å². The summed E-state index contributed by atoms with van der Waals surface area (Å²) < 4.78 is 0. The van der Waals surface area contributed by atoms with Gasteiger partial charge in [0.1, 0.15) is 0 Å². The van der Waals surface area contributed by atoms with Gasteiger partial charge in [-0.2, -0.15) is 0 Å². The Hall–Kier alpha value is -2.08. The molecule has 2 atom stereocenters. The van der Waals surface area contributed by atoms with E-state index < -0.39 is 0 Å². The first kappa shape index (κ1) is 20.6. The number of benzene rings is 1. The van der Waals surface area contributed by atoms with Crippen molar-refractivity contribution in [2.45, 2.75) is 51.6 Å². The first-order chi connectivity index (χ1) is 13.6. The van der Waals surface area contributed by atoms with E-state index in [0.29, 0.717) is 12.5 Å². The van der Waals surface area contributed by atoms with Gasteiger partial charge in [-0.05, 0) is 44.8 Å². The molecule has 0 aromatic heterocycles. The van der Waals surface area contributed by atoms with Crippen LogP contribution in [0.5, 0.6) is 0 Å². The van der Waals surface area contributed by atoms with Gasteiger partial charge in [-0.15, -0.1) is 0 Å². The lowest BCUT2D eigenvalue weighted by Gasteiger charge is -2.29. The van der Waals surface area contributed by atoms with Crippen LogP contribution in [0.25, 0.3) is 0 Å². The van der Waals surface area contributed by atoms with Crippen LogP contribution in [0.1, 0.15) is 49.8 Å². The van der Waals surface area contributed by atoms with Crippen molar-refractivity contribution >= 4 is 11.9 Å². The fourth-order valence-corrected chi connectivity index (χ4v) is 4.21. The zero-order valence-corrected chi connectivity index (χ0v) is 17.6. The number of likely N-dealkylation sites (tertiary alicyclic amines) is 2. The second-order valence-electron chi connectivity index (χ2n) is 7.95. The number of nitrogens with one attached hydrogen (secondary N) is 2. The lowest BCUT2D eigenvalue weighted by molar-refractivity contribution is -0.129. The standard InChI is InChI=1S/C22H35N5O/c1-4-21(28)27-14-11-19(16-27)25-22(23-3)24-15-20(26-12-5-6-13-26)18-9-7-17(2)8-10-18/h7-10,19-20H,4-6,11-16H2,1-3H3,(H2,23,24,25). The minimum absolute atomic E-state index is 0.237. The van der Waals surface area contributed by atoms with Gasteiger partial charge in [-0.3, -0.25) is 14.7 Å². The maximum atomic E-state index is 11.9. The molecule has 2 aliphatic heterocycles. The molecule has 2 N–H and O–H groups in total. The molecule has 1 aromatic rings. The van der Waals surface area contributed by atoms with Gasteiger partial charge in [-0.1, -0.05) is 36.8 Å². The Kier molecular flexibility index (Phi) is 7.31. The van der Waals surface area contributed by atoms with E-state index in [9.17, 15) is 4.79 Å². The molecule has 1 aromatic carbocycles. The highest BCUT2D eigenvalue weighted by atomic mass is 16.2. The molecule has 3 rings (SSSR count). The van der Waals surface area contributed by atoms with E-state index in [1.165, 1.54) is 24.0 Å². The highest BCUT2D eigenvalue weighted by Crippen LogP contribution is 2.25. The monoisotopic (exact) mass is 385 g/mol. The van der Waals surface area contributed by atoms with Crippen molar-refractivity contribution in [1.82, 2.24) is 20.4 Å². The zero-order chi connectivity index (χ0) is 19.9. The van der Waals surface area contributed by atoms with Gasteiger partial charge in [0.15, 0.2) is 5.96 Å². The molecule has 6 nitrogen and oxygen atoms in total. The van der Waals surface area contributed by atoms with Crippen LogP contribution in [0.4, 0.5) is 0 Å². The number of carbonyl (C=O) groups excluding carboxylic acids is 1. The third-order valence-corrected chi connectivity index (χ3v) is 5.91. The summed E-state index contributed by atoms with van der Waals surface area (Å²) in [6.45, 7) is 8.79. The number of nitrogens with zero attached hydrogens (tertiary/aromatic N) is 3. The lowest BCUT2D eigenvalue weighted by Crippen LogP contribution is -2.47. The molecule has 0 radical (unpaired) electrons. The molecule has 2 unspecified atom stereocenters. The number of aliphatic imine (C=N–C) groups is 1. The summed E-state index contributed by atoms with van der Waals surface area (Å²) in [7, 11) is 1.82. The molecular weight excluding hydrogens is 350 g/mol. The summed E-state index contributed by atoms with van der Waals surface area (Å²) in [5.41, 5.74) is 2.65. The summed E-state index contributed by atoms with van der Waals surface area (Å²) in [6, 6.07) is 9.52. The molecule has 154 valence electrons. The van der Waals surface area contributed by atoms with E-state index in [1.807, 2.05) is 18.9 Å². The molecule has 1 amide bonds. The normalized spacial score (nSPS) is 21.8. The van der Waals surface area contributed by atoms with E-state index >= 15 is 0 Å². The molecule has 28 heavy (non-hydrogen) atoms. The molecule has 0 aliphatic carbocycles. The van der Waals surface area contributed by atoms with Gasteiger partial charge in [-0.25, -0.2) is 0 Å². The first-order valence-corrected chi connectivity index (χ1v) is 10.7. The number of hydrogen-bond acceptors (Lipinski definition) is 3. The number of aryl methyl sites for hydroxylation is 1. The van der Waals surface area contributed by atoms with Gasteiger partial charge < -0.3 is 15.5 Å². The van der Waals surface area contributed by atoms with Crippen molar-refractivity contribution in [2.75, 3.05) is 39.8 Å². The van der Waals surface area contributed by atoms with Crippen LogP contribution in [0.3, 0.4) is 0 Å². The van der Waals surface area contributed by atoms with Gasteiger partial charge in [0.25, 0.3) is 0 Å². The Morgan fingerprint density at radius 3 is 2.57 bits per heavy atom. The average Bonchev–Trinajstić information content (AvgIpc) is 3.40. The number of amides is 1. The minimum atomic E-state index is 0.237. The smallest absolute Gasteiger partial charge is 0.222 e. The second kappa shape index (κ2) is 9.92. The molecule has 0 saturated carbocycles. The van der Waals surface area contributed by atoms with E-state index in [1.54, 1.807) is 0 Å². The van der Waals surface area contributed by atoms with Crippen LogP contribution < -0.4 is 10.6 Å². The van der Waals surface area contributed by atoms with Gasteiger partial charge in [0.05, 0.1) is 6.04 Å². The number of guanidine groups is 1. The van der Waals surface area contributed by atoms with Crippen LogP contribution in [0.15, 0.2) is 29.3 Å². The van der Waals surface area contributed by atoms with Crippen LogP contribution in [0, 0.1) is 6.92 Å². The van der Waals surface area contributed by atoms with Crippen molar-refractivity contribution in [3.63, 3.8) is 0 Å². The topological polar surface area (TPSA) is 60.0 Å². The SMILES string of the molecule is CCC(=O)N1CCC(NC(=NC)NCC(c2ccc(C)cc2)N2CCCC2)C1. The van der Waals surface area contributed by atoms with E-state index in [-0.39, 0.29) is 11.9 Å². The number of hydrogen-bond donors (Lipinski definition) is 2. The lowest BCUT2D eigenvalue weighted by atomic mass is 10.0. The van der Waals surface area contributed by atoms with E-state index in [2.05, 4.69) is 51.7 Å². The summed E-state index contributed by atoms with van der Waals surface area (Å²) in [5.74, 6) is 1.06. The Labute approximate surface area is 169 Å². The Morgan fingerprint density at radius 1 is 1.21 bits per heavy atom. The summed E-state index contributed by atoms with van der Waals surface area (Å²) >= 11 is 0. The van der Waals surface area contributed by atoms with Crippen LogP contribution in [-0.4, -0.2) is 67.5 Å². The van der Waals surface area contributed by atoms with Crippen molar-refractivity contribution in [3.8, 4) is 0 Å². The first-order valence-electron chi connectivity index (χ1n) is 10.7.